The first-order valence-electron chi connectivity index (χ1n) is 6.01. The van der Waals surface area contributed by atoms with Crippen molar-refractivity contribution < 1.29 is 14.3 Å². The van der Waals surface area contributed by atoms with Gasteiger partial charge in [-0.25, -0.2) is 0 Å². The van der Waals surface area contributed by atoms with E-state index in [2.05, 4.69) is 4.90 Å². The van der Waals surface area contributed by atoms with Crippen molar-refractivity contribution in [1.82, 2.24) is 4.90 Å². The summed E-state index contributed by atoms with van der Waals surface area (Å²) in [6.45, 7) is 6.65. The molecule has 0 amide bonds. The van der Waals surface area contributed by atoms with Gasteiger partial charge in [-0.15, -0.1) is 0 Å². The van der Waals surface area contributed by atoms with Crippen LogP contribution >= 0.6 is 0 Å². The van der Waals surface area contributed by atoms with Crippen LogP contribution in [-0.2, 0) is 14.3 Å². The van der Waals surface area contributed by atoms with Gasteiger partial charge in [0.15, 0.2) is 5.78 Å². The van der Waals surface area contributed by atoms with E-state index in [0.717, 1.165) is 32.8 Å². The van der Waals surface area contributed by atoms with E-state index >= 15 is 0 Å². The van der Waals surface area contributed by atoms with Crippen LogP contribution in [0.5, 0.6) is 0 Å². The third-order valence-corrected chi connectivity index (χ3v) is 2.98. The van der Waals surface area contributed by atoms with E-state index in [4.69, 9.17) is 9.47 Å². The van der Waals surface area contributed by atoms with Gasteiger partial charge in [-0.1, -0.05) is 0 Å². The van der Waals surface area contributed by atoms with E-state index in [0.29, 0.717) is 5.92 Å². The monoisotopic (exact) mass is 229 g/mol. The number of rotatable bonds is 7. The molecule has 0 aromatic carbocycles. The van der Waals surface area contributed by atoms with Gasteiger partial charge >= 0.3 is 0 Å². The van der Waals surface area contributed by atoms with Gasteiger partial charge in [-0.05, 0) is 38.8 Å². The fourth-order valence-corrected chi connectivity index (χ4v) is 1.97. The van der Waals surface area contributed by atoms with Crippen molar-refractivity contribution in [2.75, 3.05) is 46.6 Å². The Kier molecular flexibility index (Phi) is 6.61. The Morgan fingerprint density at radius 2 is 2.06 bits per heavy atom. The number of methoxy groups -OCH3 is 1. The molecule has 0 bridgehead atoms. The fraction of sp³-hybridized carbons (Fsp3) is 0.917. The van der Waals surface area contributed by atoms with Crippen LogP contribution in [0.2, 0.25) is 0 Å². The van der Waals surface area contributed by atoms with E-state index < -0.39 is 0 Å². The molecule has 0 spiro atoms. The SMILES string of the molecule is COCCN1CCC(COCC(C)=O)CC1. The third kappa shape index (κ3) is 5.58. The van der Waals surface area contributed by atoms with Crippen LogP contribution in [0.15, 0.2) is 0 Å². The van der Waals surface area contributed by atoms with E-state index in [1.807, 2.05) is 0 Å². The van der Waals surface area contributed by atoms with Crippen LogP contribution in [0.25, 0.3) is 0 Å². The maximum absolute atomic E-state index is 10.7. The van der Waals surface area contributed by atoms with E-state index in [1.165, 1.54) is 12.8 Å². The summed E-state index contributed by atoms with van der Waals surface area (Å²) in [5, 5.41) is 0. The zero-order valence-electron chi connectivity index (χ0n) is 10.4. The predicted octanol–water partition coefficient (Wildman–Crippen LogP) is 0.950. The first kappa shape index (κ1) is 13.6. The minimum atomic E-state index is 0.109. The maximum atomic E-state index is 10.7. The minimum absolute atomic E-state index is 0.109. The lowest BCUT2D eigenvalue weighted by Gasteiger charge is -2.31. The quantitative estimate of drug-likeness (QED) is 0.651. The zero-order chi connectivity index (χ0) is 11.8. The molecule has 94 valence electrons. The number of nitrogens with zero attached hydrogens (tertiary/aromatic N) is 1. The number of ether oxygens (including phenoxy) is 2. The lowest BCUT2D eigenvalue weighted by Crippen LogP contribution is -2.37. The highest BCUT2D eigenvalue weighted by Gasteiger charge is 2.18. The highest BCUT2D eigenvalue weighted by atomic mass is 16.5. The molecular formula is C12H23NO3. The molecule has 1 heterocycles. The number of likely N-dealkylation sites (tertiary alicyclic amines) is 1. The maximum Gasteiger partial charge on any atom is 0.155 e. The number of hydrogen-bond donors (Lipinski definition) is 0. The summed E-state index contributed by atoms with van der Waals surface area (Å²) in [7, 11) is 1.74. The Morgan fingerprint density at radius 1 is 1.38 bits per heavy atom. The highest BCUT2D eigenvalue weighted by molar-refractivity contribution is 5.76. The smallest absolute Gasteiger partial charge is 0.155 e. The molecule has 1 saturated heterocycles. The van der Waals surface area contributed by atoms with Gasteiger partial charge in [0, 0.05) is 13.7 Å². The van der Waals surface area contributed by atoms with Crippen molar-refractivity contribution in [2.24, 2.45) is 5.92 Å². The summed E-state index contributed by atoms with van der Waals surface area (Å²) < 4.78 is 10.4. The number of carbonyl (C=O) groups excluding carboxylic acids is 1. The Labute approximate surface area is 97.9 Å². The average molecular weight is 229 g/mol. The van der Waals surface area contributed by atoms with Crippen LogP contribution < -0.4 is 0 Å². The largest absolute Gasteiger partial charge is 0.383 e. The number of ketones is 1. The van der Waals surface area contributed by atoms with Gasteiger partial charge < -0.3 is 14.4 Å². The summed E-state index contributed by atoms with van der Waals surface area (Å²) in [6.07, 6.45) is 2.34. The molecule has 0 aromatic rings. The highest BCUT2D eigenvalue weighted by Crippen LogP contribution is 2.17. The van der Waals surface area contributed by atoms with E-state index in [1.54, 1.807) is 14.0 Å². The number of hydrogen-bond acceptors (Lipinski definition) is 4. The van der Waals surface area contributed by atoms with Crippen LogP contribution in [0, 0.1) is 5.92 Å². The second-order valence-corrected chi connectivity index (χ2v) is 4.49. The van der Waals surface area contributed by atoms with Crippen LogP contribution in [0.3, 0.4) is 0 Å². The molecule has 0 radical (unpaired) electrons. The number of piperidine rings is 1. The normalized spacial score (nSPS) is 18.9. The fourth-order valence-electron chi connectivity index (χ4n) is 1.97. The van der Waals surface area contributed by atoms with Gasteiger partial charge in [-0.2, -0.15) is 0 Å². The topological polar surface area (TPSA) is 38.8 Å². The second kappa shape index (κ2) is 7.76. The molecule has 0 atom stereocenters. The Bertz CT molecular complexity index is 200. The molecule has 0 aromatic heterocycles. The number of Topliss-reactive ketones (excluding diaryl/α,β-unsaturated/α-hetero) is 1. The Morgan fingerprint density at radius 3 is 2.62 bits per heavy atom. The summed E-state index contributed by atoms with van der Waals surface area (Å²) in [4.78, 5) is 13.1. The molecule has 0 saturated carbocycles. The molecule has 1 fully saturated rings. The average Bonchev–Trinajstić information content (AvgIpc) is 2.27. The van der Waals surface area contributed by atoms with Crippen LogP contribution in [0.1, 0.15) is 19.8 Å². The first-order chi connectivity index (χ1) is 7.72. The Balaban J connectivity index is 2.05. The molecular weight excluding hydrogens is 206 g/mol. The number of carbonyl (C=O) groups is 1. The molecule has 1 aliphatic rings. The van der Waals surface area contributed by atoms with Crippen LogP contribution in [0.4, 0.5) is 0 Å². The molecule has 1 aliphatic heterocycles. The summed E-state index contributed by atoms with van der Waals surface area (Å²) >= 11 is 0. The van der Waals surface area contributed by atoms with Crippen molar-refractivity contribution >= 4 is 5.78 Å². The predicted molar refractivity (Wildman–Crippen MR) is 62.5 cm³/mol. The van der Waals surface area contributed by atoms with Gasteiger partial charge in [0.1, 0.15) is 6.61 Å². The van der Waals surface area contributed by atoms with Crippen molar-refractivity contribution in [3.63, 3.8) is 0 Å². The van der Waals surface area contributed by atoms with Crippen molar-refractivity contribution in [1.29, 1.82) is 0 Å². The zero-order valence-corrected chi connectivity index (χ0v) is 10.4. The minimum Gasteiger partial charge on any atom is -0.383 e. The van der Waals surface area contributed by atoms with E-state index in [-0.39, 0.29) is 12.4 Å². The van der Waals surface area contributed by atoms with Crippen molar-refractivity contribution in [3.8, 4) is 0 Å². The standard InChI is InChI=1S/C12H23NO3/c1-11(14)9-16-10-12-3-5-13(6-4-12)7-8-15-2/h12H,3-10H2,1-2H3. The second-order valence-electron chi connectivity index (χ2n) is 4.49. The van der Waals surface area contributed by atoms with E-state index in [9.17, 15) is 4.79 Å². The molecule has 1 rings (SSSR count). The Hall–Kier alpha value is -0.450. The summed E-state index contributed by atoms with van der Waals surface area (Å²) in [6, 6.07) is 0. The molecule has 4 heteroatoms. The van der Waals surface area contributed by atoms with Crippen molar-refractivity contribution in [2.45, 2.75) is 19.8 Å². The summed E-state index contributed by atoms with van der Waals surface area (Å²) in [5.41, 5.74) is 0. The van der Waals surface area contributed by atoms with Crippen molar-refractivity contribution in [3.05, 3.63) is 0 Å². The van der Waals surface area contributed by atoms with Crippen LogP contribution in [-0.4, -0.2) is 57.2 Å². The van der Waals surface area contributed by atoms with Gasteiger partial charge in [-0.3, -0.25) is 4.79 Å². The molecule has 0 N–H and O–H groups in total. The first-order valence-corrected chi connectivity index (χ1v) is 6.01. The molecule has 0 unspecified atom stereocenters. The lowest BCUT2D eigenvalue weighted by atomic mass is 9.98. The summed E-state index contributed by atoms with van der Waals surface area (Å²) in [5.74, 6) is 0.732. The third-order valence-electron chi connectivity index (χ3n) is 2.98. The molecule has 16 heavy (non-hydrogen) atoms. The van der Waals surface area contributed by atoms with Gasteiger partial charge in [0.25, 0.3) is 0 Å². The molecule has 4 nitrogen and oxygen atoms in total. The lowest BCUT2D eigenvalue weighted by molar-refractivity contribution is -0.122. The molecule has 0 aliphatic carbocycles. The van der Waals surface area contributed by atoms with Gasteiger partial charge in [0.05, 0.1) is 13.2 Å². The van der Waals surface area contributed by atoms with Gasteiger partial charge in [0.2, 0.25) is 0 Å².